The zero-order valence-electron chi connectivity index (χ0n) is 17.8. The lowest BCUT2D eigenvalue weighted by Gasteiger charge is -2.29. The van der Waals surface area contributed by atoms with Gasteiger partial charge in [-0.25, -0.2) is 0 Å². The highest BCUT2D eigenvalue weighted by Crippen LogP contribution is 2.05. The Kier molecular flexibility index (Phi) is 14.5. The Balaban J connectivity index is 0. The summed E-state index contributed by atoms with van der Waals surface area (Å²) in [6, 6.07) is -0.571. The molecule has 0 aromatic rings. The largest absolute Gasteiger partial charge is 0.550 e. The van der Waals surface area contributed by atoms with Crippen LogP contribution in [-0.2, 0) is 23.9 Å². The number of carboxylic acid groups (broad SMARTS) is 1. The number of rotatable bonds is 11. The second-order valence-corrected chi connectivity index (χ2v) is 8.08. The lowest BCUT2D eigenvalue weighted by molar-refractivity contribution is -0.873. The number of nitrogens with zero attached hydrogens (tertiary/aromatic N) is 1. The Labute approximate surface area is 167 Å². The van der Waals surface area contributed by atoms with Crippen molar-refractivity contribution >= 4 is 17.9 Å². The molecule has 0 aromatic carbocycles. The molecule has 10 heteroatoms. The number of carboxylic acids is 1. The molecule has 166 valence electrons. The van der Waals surface area contributed by atoms with Gasteiger partial charge in [-0.05, 0) is 19.3 Å². The van der Waals surface area contributed by atoms with Crippen LogP contribution in [0.4, 0.5) is 0 Å². The highest BCUT2D eigenvalue weighted by molar-refractivity contribution is 5.75. The van der Waals surface area contributed by atoms with Crippen molar-refractivity contribution < 1.29 is 38.6 Å². The predicted molar refractivity (Wildman–Crippen MR) is 102 cm³/mol. The molecule has 2 unspecified atom stereocenters. The first kappa shape index (κ1) is 28.5. The van der Waals surface area contributed by atoms with Gasteiger partial charge in [-0.3, -0.25) is 9.59 Å². The number of ether oxygens (including phenoxy) is 2. The SMILES string of the molecule is CC(C)C[C@H](N)C(=O)OCC(C)O.C[N+](C)(C)CC(CC(=O)[O-])OC(=O)CN. The van der Waals surface area contributed by atoms with Crippen LogP contribution < -0.4 is 16.6 Å². The molecule has 0 aliphatic carbocycles. The fourth-order valence-corrected chi connectivity index (χ4v) is 2.09. The van der Waals surface area contributed by atoms with Gasteiger partial charge in [0, 0.05) is 12.4 Å². The summed E-state index contributed by atoms with van der Waals surface area (Å²) in [6.45, 7) is 5.70. The summed E-state index contributed by atoms with van der Waals surface area (Å²) >= 11 is 0. The Morgan fingerprint density at radius 3 is 2.04 bits per heavy atom. The molecule has 0 heterocycles. The van der Waals surface area contributed by atoms with Gasteiger partial charge < -0.3 is 40.4 Å². The van der Waals surface area contributed by atoms with Crippen molar-refractivity contribution in [3.8, 4) is 0 Å². The lowest BCUT2D eigenvalue weighted by Crippen LogP contribution is -2.45. The first-order valence-corrected chi connectivity index (χ1v) is 9.18. The van der Waals surface area contributed by atoms with Crippen LogP contribution in [0.1, 0.15) is 33.6 Å². The summed E-state index contributed by atoms with van der Waals surface area (Å²) in [7, 11) is 5.62. The van der Waals surface area contributed by atoms with Crippen LogP contribution in [0.15, 0.2) is 0 Å². The third-order valence-corrected chi connectivity index (χ3v) is 3.11. The standard InChI is InChI=1S/C9H18N2O4.C9H19NO3/c1-11(2,3)6-7(4-8(12)13)15-9(14)5-10;1-6(2)4-8(10)9(12)13-5-7(3)11/h7H,4-6,10H2,1-3H3;6-8,11H,4-5,10H2,1-3H3/t;7?,8-/m.0/s1. The average Bonchev–Trinajstić information content (AvgIpc) is 2.49. The molecule has 0 spiro atoms. The van der Waals surface area contributed by atoms with E-state index in [9.17, 15) is 19.5 Å². The fourth-order valence-electron chi connectivity index (χ4n) is 2.09. The van der Waals surface area contributed by atoms with E-state index < -0.39 is 36.2 Å². The minimum Gasteiger partial charge on any atom is -0.550 e. The maximum Gasteiger partial charge on any atom is 0.323 e. The van der Waals surface area contributed by atoms with E-state index in [0.717, 1.165) is 0 Å². The first-order chi connectivity index (χ1) is 12.7. The number of aliphatic hydroxyl groups is 1. The third kappa shape index (κ3) is 19.0. The smallest absolute Gasteiger partial charge is 0.323 e. The fraction of sp³-hybridized carbons (Fsp3) is 0.833. The Morgan fingerprint density at radius 1 is 1.14 bits per heavy atom. The number of carbonyl (C=O) groups excluding carboxylic acids is 3. The Morgan fingerprint density at radius 2 is 1.68 bits per heavy atom. The van der Waals surface area contributed by atoms with E-state index in [1.165, 1.54) is 0 Å². The van der Waals surface area contributed by atoms with Gasteiger partial charge in [0.1, 0.15) is 19.2 Å². The van der Waals surface area contributed by atoms with Gasteiger partial charge in [0.15, 0.2) is 6.10 Å². The molecule has 0 aromatic heterocycles. The number of aliphatic hydroxyl groups excluding tert-OH is 1. The molecule has 3 atom stereocenters. The summed E-state index contributed by atoms with van der Waals surface area (Å²) in [5.74, 6) is -1.91. The minimum absolute atomic E-state index is 0.0185. The number of aliphatic carboxylic acids is 1. The molecular formula is C18H37N3O7. The molecule has 0 fully saturated rings. The third-order valence-electron chi connectivity index (χ3n) is 3.11. The van der Waals surface area contributed by atoms with Gasteiger partial charge in [0.2, 0.25) is 0 Å². The van der Waals surface area contributed by atoms with Crippen molar-refractivity contribution in [3.63, 3.8) is 0 Å². The average molecular weight is 408 g/mol. The van der Waals surface area contributed by atoms with Crippen LogP contribution in [0.25, 0.3) is 0 Å². The number of nitrogens with two attached hydrogens (primary N) is 2. The molecule has 0 aliphatic heterocycles. The number of carbonyl (C=O) groups is 3. The molecule has 28 heavy (non-hydrogen) atoms. The van der Waals surface area contributed by atoms with Gasteiger partial charge in [-0.15, -0.1) is 0 Å². The van der Waals surface area contributed by atoms with Crippen LogP contribution in [-0.4, -0.2) is 86.6 Å². The molecule has 0 bridgehead atoms. The van der Waals surface area contributed by atoms with E-state index in [2.05, 4.69) is 0 Å². The van der Waals surface area contributed by atoms with Gasteiger partial charge in [-0.2, -0.15) is 0 Å². The second kappa shape index (κ2) is 14.3. The van der Waals surface area contributed by atoms with Crippen LogP contribution in [0, 0.1) is 5.92 Å². The van der Waals surface area contributed by atoms with Crippen molar-refractivity contribution in [2.24, 2.45) is 17.4 Å². The zero-order valence-corrected chi connectivity index (χ0v) is 17.8. The normalized spacial score (nSPS) is 14.4. The first-order valence-electron chi connectivity index (χ1n) is 9.18. The number of esters is 2. The van der Waals surface area contributed by atoms with Crippen LogP contribution in [0.5, 0.6) is 0 Å². The Hall–Kier alpha value is -1.75. The van der Waals surface area contributed by atoms with Crippen molar-refractivity contribution in [2.75, 3.05) is 40.8 Å². The molecule has 10 nitrogen and oxygen atoms in total. The van der Waals surface area contributed by atoms with E-state index in [0.29, 0.717) is 23.4 Å². The monoisotopic (exact) mass is 407 g/mol. The maximum atomic E-state index is 11.1. The van der Waals surface area contributed by atoms with E-state index in [4.69, 9.17) is 26.0 Å². The van der Waals surface area contributed by atoms with Gasteiger partial charge in [0.25, 0.3) is 0 Å². The molecule has 0 rings (SSSR count). The summed E-state index contributed by atoms with van der Waals surface area (Å²) in [5.41, 5.74) is 10.6. The van der Waals surface area contributed by atoms with Gasteiger partial charge in [0.05, 0.1) is 33.8 Å². The lowest BCUT2D eigenvalue weighted by atomic mass is 10.1. The van der Waals surface area contributed by atoms with Crippen LogP contribution in [0.3, 0.4) is 0 Å². The molecule has 0 amide bonds. The Bertz CT molecular complexity index is 476. The number of likely N-dealkylation sites (N-methyl/N-ethyl adjacent to an activating group) is 1. The molecule has 5 N–H and O–H groups in total. The maximum absolute atomic E-state index is 11.1. The van der Waals surface area contributed by atoms with Crippen molar-refractivity contribution in [2.45, 2.75) is 51.9 Å². The molecule has 0 aliphatic rings. The minimum atomic E-state index is -1.24. The molecule has 0 saturated heterocycles. The van der Waals surface area contributed by atoms with Crippen LogP contribution >= 0.6 is 0 Å². The molecule has 0 radical (unpaired) electrons. The highest BCUT2D eigenvalue weighted by atomic mass is 16.5. The zero-order chi connectivity index (χ0) is 22.5. The summed E-state index contributed by atoms with van der Waals surface area (Å²) in [4.78, 5) is 32.5. The topological polar surface area (TPSA) is 165 Å². The second-order valence-electron chi connectivity index (χ2n) is 8.08. The van der Waals surface area contributed by atoms with E-state index in [-0.39, 0.29) is 19.6 Å². The molecule has 0 saturated carbocycles. The number of hydrogen-bond acceptors (Lipinski definition) is 9. The van der Waals surface area contributed by atoms with Crippen molar-refractivity contribution in [1.82, 2.24) is 0 Å². The number of hydrogen-bond donors (Lipinski definition) is 3. The quantitative estimate of drug-likeness (QED) is 0.259. The summed E-state index contributed by atoms with van der Waals surface area (Å²) in [6.07, 6.45) is -1.01. The predicted octanol–water partition coefficient (Wildman–Crippen LogP) is -2.01. The van der Waals surface area contributed by atoms with E-state index >= 15 is 0 Å². The highest BCUT2D eigenvalue weighted by Gasteiger charge is 2.21. The summed E-state index contributed by atoms with van der Waals surface area (Å²) < 4.78 is 10.1. The van der Waals surface area contributed by atoms with E-state index in [1.54, 1.807) is 6.92 Å². The van der Waals surface area contributed by atoms with Crippen molar-refractivity contribution in [1.29, 1.82) is 0 Å². The number of quaternary nitrogens is 1. The van der Waals surface area contributed by atoms with E-state index in [1.807, 2.05) is 35.0 Å². The van der Waals surface area contributed by atoms with Gasteiger partial charge >= 0.3 is 11.9 Å². The molecular weight excluding hydrogens is 370 g/mol. The van der Waals surface area contributed by atoms with Crippen LogP contribution in [0.2, 0.25) is 0 Å². The summed E-state index contributed by atoms with van der Waals surface area (Å²) in [5, 5.41) is 19.3. The van der Waals surface area contributed by atoms with Crippen molar-refractivity contribution in [3.05, 3.63) is 0 Å². The van der Waals surface area contributed by atoms with Gasteiger partial charge in [-0.1, -0.05) is 13.8 Å².